The van der Waals surface area contributed by atoms with E-state index >= 15 is 0 Å². The van der Waals surface area contributed by atoms with Crippen molar-refractivity contribution in [2.24, 2.45) is 0 Å². The number of aromatic hydroxyl groups is 1. The molecule has 0 bridgehead atoms. The summed E-state index contributed by atoms with van der Waals surface area (Å²) in [6, 6.07) is 4.72. The Morgan fingerprint density at radius 1 is 1.41 bits per heavy atom. The van der Waals surface area contributed by atoms with Crippen molar-refractivity contribution in [2.45, 2.75) is 0 Å². The molecule has 92 valence electrons. The molecule has 2 rings (SSSR count). The Kier molecular flexibility index (Phi) is 3.49. The van der Waals surface area contributed by atoms with Gasteiger partial charge in [-0.15, -0.1) is 0 Å². The lowest BCUT2D eigenvalue weighted by Gasteiger charge is -2.27. The topological polar surface area (TPSA) is 61.8 Å². The SMILES string of the molecule is COc1ccc(C(=O)N2CCNCC2)cc1O. The predicted molar refractivity (Wildman–Crippen MR) is 63.4 cm³/mol. The molecule has 1 amide bonds. The highest BCUT2D eigenvalue weighted by Crippen LogP contribution is 2.26. The van der Waals surface area contributed by atoms with E-state index < -0.39 is 0 Å². The highest BCUT2D eigenvalue weighted by molar-refractivity contribution is 5.95. The van der Waals surface area contributed by atoms with Gasteiger partial charge in [0.25, 0.3) is 5.91 Å². The van der Waals surface area contributed by atoms with Crippen LogP contribution in [0, 0.1) is 0 Å². The van der Waals surface area contributed by atoms with Crippen LogP contribution < -0.4 is 10.1 Å². The molecular formula is C12H16N2O3. The molecule has 0 atom stereocenters. The third kappa shape index (κ3) is 2.50. The Labute approximate surface area is 100.0 Å². The Bertz CT molecular complexity index is 414. The summed E-state index contributed by atoms with van der Waals surface area (Å²) in [5.41, 5.74) is 0.491. The van der Waals surface area contributed by atoms with E-state index in [9.17, 15) is 9.90 Å². The highest BCUT2D eigenvalue weighted by Gasteiger charge is 2.18. The molecule has 1 heterocycles. The van der Waals surface area contributed by atoms with Crippen molar-refractivity contribution in [3.05, 3.63) is 23.8 Å². The monoisotopic (exact) mass is 236 g/mol. The van der Waals surface area contributed by atoms with Crippen LogP contribution in [0.4, 0.5) is 0 Å². The minimum atomic E-state index is -0.0514. The summed E-state index contributed by atoms with van der Waals surface area (Å²) in [6.07, 6.45) is 0. The van der Waals surface area contributed by atoms with Crippen LogP contribution in [0.5, 0.6) is 11.5 Å². The van der Waals surface area contributed by atoms with Crippen molar-refractivity contribution in [1.29, 1.82) is 0 Å². The molecular weight excluding hydrogens is 220 g/mol. The van der Waals surface area contributed by atoms with E-state index in [1.54, 1.807) is 17.0 Å². The molecule has 5 heteroatoms. The number of amides is 1. The number of carbonyl (C=O) groups excluding carboxylic acids is 1. The van der Waals surface area contributed by atoms with Crippen molar-refractivity contribution in [3.8, 4) is 11.5 Å². The van der Waals surface area contributed by atoms with Gasteiger partial charge in [-0.1, -0.05) is 0 Å². The molecule has 1 aliphatic rings. The fourth-order valence-corrected chi connectivity index (χ4v) is 1.87. The van der Waals surface area contributed by atoms with Crippen LogP contribution in [0.3, 0.4) is 0 Å². The van der Waals surface area contributed by atoms with Gasteiger partial charge in [0.2, 0.25) is 0 Å². The van der Waals surface area contributed by atoms with E-state index in [2.05, 4.69) is 5.32 Å². The molecule has 0 spiro atoms. The molecule has 0 aliphatic carbocycles. The second-order valence-electron chi connectivity index (χ2n) is 3.93. The Hall–Kier alpha value is -1.75. The van der Waals surface area contributed by atoms with Gasteiger partial charge >= 0.3 is 0 Å². The van der Waals surface area contributed by atoms with Crippen LogP contribution in [0.2, 0.25) is 0 Å². The molecule has 0 aromatic heterocycles. The highest BCUT2D eigenvalue weighted by atomic mass is 16.5. The van der Waals surface area contributed by atoms with Crippen LogP contribution >= 0.6 is 0 Å². The zero-order valence-electron chi connectivity index (χ0n) is 9.77. The smallest absolute Gasteiger partial charge is 0.254 e. The number of hydrogen-bond donors (Lipinski definition) is 2. The van der Waals surface area contributed by atoms with Crippen LogP contribution in [0.15, 0.2) is 18.2 Å². The fourth-order valence-electron chi connectivity index (χ4n) is 1.87. The van der Waals surface area contributed by atoms with E-state index in [-0.39, 0.29) is 11.7 Å². The molecule has 1 aromatic carbocycles. The number of nitrogens with one attached hydrogen (secondary N) is 1. The second-order valence-corrected chi connectivity index (χ2v) is 3.93. The van der Waals surface area contributed by atoms with E-state index in [4.69, 9.17) is 4.74 Å². The summed E-state index contributed by atoms with van der Waals surface area (Å²) in [7, 11) is 1.48. The quantitative estimate of drug-likeness (QED) is 0.782. The molecule has 0 saturated carbocycles. The Balaban J connectivity index is 2.16. The summed E-state index contributed by atoms with van der Waals surface area (Å²) >= 11 is 0. The minimum Gasteiger partial charge on any atom is -0.504 e. The molecule has 5 nitrogen and oxygen atoms in total. The number of phenolic OH excluding ortho intramolecular Hbond substituents is 1. The van der Waals surface area contributed by atoms with Crippen molar-refractivity contribution < 1.29 is 14.6 Å². The van der Waals surface area contributed by atoms with Crippen molar-refractivity contribution in [3.63, 3.8) is 0 Å². The summed E-state index contributed by atoms with van der Waals surface area (Å²) < 4.78 is 4.94. The molecule has 0 radical (unpaired) electrons. The number of hydrogen-bond acceptors (Lipinski definition) is 4. The van der Waals surface area contributed by atoms with Gasteiger partial charge in [-0.05, 0) is 18.2 Å². The van der Waals surface area contributed by atoms with Gasteiger partial charge in [0.15, 0.2) is 11.5 Å². The number of rotatable bonds is 2. The lowest BCUT2D eigenvalue weighted by atomic mass is 10.1. The van der Waals surface area contributed by atoms with Gasteiger partial charge < -0.3 is 20.1 Å². The Morgan fingerprint density at radius 2 is 2.12 bits per heavy atom. The van der Waals surface area contributed by atoms with Crippen molar-refractivity contribution >= 4 is 5.91 Å². The van der Waals surface area contributed by atoms with Crippen LogP contribution in [-0.2, 0) is 0 Å². The maximum Gasteiger partial charge on any atom is 0.254 e. The molecule has 2 N–H and O–H groups in total. The lowest BCUT2D eigenvalue weighted by Crippen LogP contribution is -2.46. The van der Waals surface area contributed by atoms with E-state index in [0.717, 1.165) is 13.1 Å². The molecule has 1 aromatic rings. The molecule has 1 saturated heterocycles. The van der Waals surface area contributed by atoms with Gasteiger partial charge in [-0.3, -0.25) is 4.79 Å². The number of benzene rings is 1. The number of piperazine rings is 1. The first-order valence-electron chi connectivity index (χ1n) is 5.59. The minimum absolute atomic E-state index is 0.00603. The van der Waals surface area contributed by atoms with Gasteiger partial charge in [0.1, 0.15) is 0 Å². The first-order valence-corrected chi connectivity index (χ1v) is 5.59. The first-order chi connectivity index (χ1) is 8.22. The fraction of sp³-hybridized carbons (Fsp3) is 0.417. The van der Waals surface area contributed by atoms with Crippen molar-refractivity contribution in [2.75, 3.05) is 33.3 Å². The van der Waals surface area contributed by atoms with Crippen molar-refractivity contribution in [1.82, 2.24) is 10.2 Å². The standard InChI is InChI=1S/C12H16N2O3/c1-17-11-3-2-9(8-10(11)15)12(16)14-6-4-13-5-7-14/h2-3,8,13,15H,4-7H2,1H3. The molecule has 17 heavy (non-hydrogen) atoms. The van der Waals surface area contributed by atoms with Gasteiger partial charge in [0, 0.05) is 31.7 Å². The average molecular weight is 236 g/mol. The van der Waals surface area contributed by atoms with Gasteiger partial charge in [0.05, 0.1) is 7.11 Å². The van der Waals surface area contributed by atoms with Gasteiger partial charge in [-0.25, -0.2) is 0 Å². The summed E-state index contributed by atoms with van der Waals surface area (Å²) in [6.45, 7) is 3.03. The molecule has 1 fully saturated rings. The third-order valence-corrected chi connectivity index (χ3v) is 2.83. The maximum atomic E-state index is 12.1. The number of methoxy groups -OCH3 is 1. The Morgan fingerprint density at radius 3 is 2.71 bits per heavy atom. The van der Waals surface area contributed by atoms with E-state index in [0.29, 0.717) is 24.4 Å². The van der Waals surface area contributed by atoms with E-state index in [1.807, 2.05) is 0 Å². The number of phenols is 1. The van der Waals surface area contributed by atoms with E-state index in [1.165, 1.54) is 13.2 Å². The maximum absolute atomic E-state index is 12.1. The number of nitrogens with zero attached hydrogens (tertiary/aromatic N) is 1. The third-order valence-electron chi connectivity index (χ3n) is 2.83. The average Bonchev–Trinajstić information content (AvgIpc) is 2.39. The summed E-state index contributed by atoms with van der Waals surface area (Å²) in [5, 5.41) is 12.8. The normalized spacial score (nSPS) is 15.7. The zero-order chi connectivity index (χ0) is 12.3. The first kappa shape index (κ1) is 11.7. The van der Waals surface area contributed by atoms with Crippen LogP contribution in [-0.4, -0.2) is 49.2 Å². The zero-order valence-corrected chi connectivity index (χ0v) is 9.77. The largest absolute Gasteiger partial charge is 0.504 e. The van der Waals surface area contributed by atoms with Crippen LogP contribution in [0.1, 0.15) is 10.4 Å². The predicted octanol–water partition coefficient (Wildman–Crippen LogP) is 0.446. The summed E-state index contributed by atoms with van der Waals surface area (Å²) in [4.78, 5) is 13.9. The lowest BCUT2D eigenvalue weighted by molar-refractivity contribution is 0.0735. The molecule has 1 aliphatic heterocycles. The van der Waals surface area contributed by atoms with Crippen LogP contribution in [0.25, 0.3) is 0 Å². The number of carbonyl (C=O) groups is 1. The number of ether oxygens (including phenoxy) is 1. The van der Waals surface area contributed by atoms with Gasteiger partial charge in [-0.2, -0.15) is 0 Å². The second kappa shape index (κ2) is 5.05. The molecule has 0 unspecified atom stereocenters. The summed E-state index contributed by atoms with van der Waals surface area (Å²) in [5.74, 6) is 0.319.